The van der Waals surface area contributed by atoms with Crippen molar-refractivity contribution in [3.05, 3.63) is 54.2 Å². The minimum absolute atomic E-state index is 0.228. The molecule has 6 rings (SSSR count). The molecule has 0 radical (unpaired) electrons. The van der Waals surface area contributed by atoms with Crippen LogP contribution in [0.3, 0.4) is 0 Å². The number of rotatable bonds is 7. The molecule has 36 heavy (non-hydrogen) atoms. The number of methoxy groups -OCH3 is 2. The van der Waals surface area contributed by atoms with Crippen LogP contribution in [0.25, 0.3) is 27.4 Å². The summed E-state index contributed by atoms with van der Waals surface area (Å²) in [5.74, 6) is 1.98. The Bertz CT molecular complexity index is 1550. The number of imidazole rings is 1. The van der Waals surface area contributed by atoms with E-state index in [4.69, 9.17) is 23.9 Å². The SMILES string of the molecule is COc1cc(OCC2CCCN2c2ccc(C#N)cc2)c2cc(-c3cn4nc(OC)sc4n3)oc2c1. The van der Waals surface area contributed by atoms with Crippen LogP contribution in [0.2, 0.25) is 0 Å². The zero-order valence-corrected chi connectivity index (χ0v) is 20.6. The minimum atomic E-state index is 0.228. The average Bonchev–Trinajstić information content (AvgIpc) is 3.69. The smallest absolute Gasteiger partial charge is 0.294 e. The number of ether oxygens (including phenoxy) is 3. The van der Waals surface area contributed by atoms with Gasteiger partial charge in [0.05, 0.1) is 43.5 Å². The normalized spacial score (nSPS) is 15.5. The molecule has 5 aromatic rings. The molecular weight excluding hydrogens is 478 g/mol. The summed E-state index contributed by atoms with van der Waals surface area (Å²) in [6.45, 7) is 1.48. The molecule has 10 heteroatoms. The highest BCUT2D eigenvalue weighted by molar-refractivity contribution is 7.18. The molecule has 0 amide bonds. The average molecular weight is 502 g/mol. The maximum absolute atomic E-state index is 9.09. The van der Waals surface area contributed by atoms with Crippen molar-refractivity contribution < 1.29 is 18.6 Å². The second kappa shape index (κ2) is 9.09. The zero-order chi connectivity index (χ0) is 24.6. The van der Waals surface area contributed by atoms with Gasteiger partial charge in [-0.25, -0.2) is 9.50 Å². The number of hydrogen-bond acceptors (Lipinski definition) is 9. The Balaban J connectivity index is 1.27. The molecule has 2 aromatic carbocycles. The number of anilines is 1. The molecule has 0 saturated carbocycles. The first-order chi connectivity index (χ1) is 17.6. The predicted molar refractivity (Wildman–Crippen MR) is 136 cm³/mol. The molecule has 1 aliphatic heterocycles. The molecule has 0 spiro atoms. The molecule has 0 bridgehead atoms. The van der Waals surface area contributed by atoms with E-state index in [1.165, 1.54) is 11.3 Å². The molecule has 1 unspecified atom stereocenters. The Morgan fingerprint density at radius 2 is 2.03 bits per heavy atom. The fourth-order valence-corrected chi connectivity index (χ4v) is 5.29. The molecule has 182 valence electrons. The van der Waals surface area contributed by atoms with E-state index in [9.17, 15) is 0 Å². The van der Waals surface area contributed by atoms with Crippen molar-refractivity contribution in [3.63, 3.8) is 0 Å². The molecule has 1 atom stereocenters. The summed E-state index contributed by atoms with van der Waals surface area (Å²) in [5.41, 5.74) is 3.11. The fourth-order valence-electron chi connectivity index (χ4n) is 4.59. The third-order valence-corrected chi connectivity index (χ3v) is 7.28. The largest absolute Gasteiger partial charge is 0.496 e. The summed E-state index contributed by atoms with van der Waals surface area (Å²) >= 11 is 1.36. The van der Waals surface area contributed by atoms with Gasteiger partial charge in [0.15, 0.2) is 5.76 Å². The molecule has 1 saturated heterocycles. The fraction of sp³-hybridized carbons (Fsp3) is 0.269. The zero-order valence-electron chi connectivity index (χ0n) is 19.8. The van der Waals surface area contributed by atoms with Crippen molar-refractivity contribution in [1.82, 2.24) is 14.6 Å². The highest BCUT2D eigenvalue weighted by Crippen LogP contribution is 2.38. The van der Waals surface area contributed by atoms with E-state index in [0.717, 1.165) is 35.4 Å². The van der Waals surface area contributed by atoms with E-state index in [2.05, 4.69) is 21.1 Å². The standard InChI is InChI=1S/C26H23N5O4S/c1-32-19-10-22(34-15-18-4-3-9-30(18)17-7-5-16(13-27)6-8-17)20-12-24(35-23(20)11-19)21-14-31-25(28-21)36-26(29-31)33-2/h5-8,10-12,14,18H,3-4,9,15H2,1-2H3. The second-order valence-electron chi connectivity index (χ2n) is 8.53. The van der Waals surface area contributed by atoms with E-state index >= 15 is 0 Å². The van der Waals surface area contributed by atoms with E-state index < -0.39 is 0 Å². The van der Waals surface area contributed by atoms with Gasteiger partial charge < -0.3 is 23.5 Å². The van der Waals surface area contributed by atoms with E-state index in [-0.39, 0.29) is 6.04 Å². The van der Waals surface area contributed by atoms with Gasteiger partial charge in [0.2, 0.25) is 4.96 Å². The van der Waals surface area contributed by atoms with Crippen LogP contribution in [0.1, 0.15) is 18.4 Å². The predicted octanol–water partition coefficient (Wildman–Crippen LogP) is 5.14. The molecule has 0 aliphatic carbocycles. The first-order valence-electron chi connectivity index (χ1n) is 11.6. The van der Waals surface area contributed by atoms with Crippen molar-refractivity contribution >= 4 is 33.0 Å². The molecule has 3 aromatic heterocycles. The van der Waals surface area contributed by atoms with Gasteiger partial charge in [-0.05, 0) is 54.5 Å². The van der Waals surface area contributed by atoms with Gasteiger partial charge in [-0.2, -0.15) is 5.26 Å². The highest BCUT2D eigenvalue weighted by atomic mass is 32.1. The van der Waals surface area contributed by atoms with E-state index in [0.29, 0.717) is 45.9 Å². The number of furan rings is 1. The molecule has 9 nitrogen and oxygen atoms in total. The Morgan fingerprint density at radius 3 is 2.78 bits per heavy atom. The van der Waals surface area contributed by atoms with Crippen LogP contribution in [-0.2, 0) is 0 Å². The molecular formula is C26H23N5O4S. The van der Waals surface area contributed by atoms with Crippen LogP contribution in [0.4, 0.5) is 5.69 Å². The first kappa shape index (κ1) is 22.2. The van der Waals surface area contributed by atoms with E-state index in [1.54, 1.807) is 18.7 Å². The maximum Gasteiger partial charge on any atom is 0.294 e. The summed E-state index contributed by atoms with van der Waals surface area (Å²) in [6, 6.07) is 15.8. The lowest BCUT2D eigenvalue weighted by atomic mass is 10.2. The van der Waals surface area contributed by atoms with Gasteiger partial charge in [-0.3, -0.25) is 0 Å². The van der Waals surface area contributed by atoms with Gasteiger partial charge in [-0.1, -0.05) is 0 Å². The Morgan fingerprint density at radius 1 is 1.17 bits per heavy atom. The third-order valence-electron chi connectivity index (χ3n) is 6.40. The number of hydrogen-bond donors (Lipinski definition) is 0. The Kier molecular flexibility index (Phi) is 5.62. The summed E-state index contributed by atoms with van der Waals surface area (Å²) in [7, 11) is 3.21. The summed E-state index contributed by atoms with van der Waals surface area (Å²) in [6.07, 6.45) is 3.94. The number of aromatic nitrogens is 3. The second-order valence-corrected chi connectivity index (χ2v) is 9.45. The highest BCUT2D eigenvalue weighted by Gasteiger charge is 2.26. The number of nitriles is 1. The number of benzene rings is 2. The van der Waals surface area contributed by atoms with Crippen LogP contribution in [0.5, 0.6) is 16.7 Å². The third kappa shape index (κ3) is 3.97. The van der Waals surface area contributed by atoms with Gasteiger partial charge in [-0.15, -0.1) is 5.10 Å². The number of fused-ring (bicyclic) bond motifs is 2. The number of nitrogens with zero attached hydrogens (tertiary/aromatic N) is 5. The summed E-state index contributed by atoms with van der Waals surface area (Å²) < 4.78 is 24.9. The van der Waals surface area contributed by atoms with Crippen LogP contribution in [0, 0.1) is 11.3 Å². The lowest BCUT2D eigenvalue weighted by molar-refractivity contribution is 0.290. The van der Waals surface area contributed by atoms with Gasteiger partial charge in [0.1, 0.15) is 29.4 Å². The van der Waals surface area contributed by atoms with Crippen molar-refractivity contribution in [2.75, 3.05) is 32.3 Å². The van der Waals surface area contributed by atoms with Gasteiger partial charge in [0.25, 0.3) is 5.19 Å². The van der Waals surface area contributed by atoms with Crippen LogP contribution in [-0.4, -0.2) is 48.0 Å². The van der Waals surface area contributed by atoms with Crippen molar-refractivity contribution in [1.29, 1.82) is 5.26 Å². The molecule has 1 aliphatic rings. The minimum Gasteiger partial charge on any atom is -0.496 e. The first-order valence-corrected chi connectivity index (χ1v) is 12.4. The van der Waals surface area contributed by atoms with Crippen LogP contribution in [0.15, 0.2) is 53.1 Å². The lowest BCUT2D eigenvalue weighted by Gasteiger charge is -2.27. The molecule has 4 heterocycles. The van der Waals surface area contributed by atoms with Gasteiger partial charge in [0, 0.05) is 24.4 Å². The van der Waals surface area contributed by atoms with Crippen molar-refractivity contribution in [3.8, 4) is 34.2 Å². The maximum atomic E-state index is 9.09. The monoisotopic (exact) mass is 501 g/mol. The Labute approximate surface area is 211 Å². The molecule has 0 N–H and O–H groups in total. The van der Waals surface area contributed by atoms with Crippen LogP contribution < -0.4 is 19.1 Å². The molecule has 1 fully saturated rings. The summed E-state index contributed by atoms with van der Waals surface area (Å²) in [5, 5.41) is 14.8. The van der Waals surface area contributed by atoms with E-state index in [1.807, 2.05) is 48.7 Å². The van der Waals surface area contributed by atoms with Crippen molar-refractivity contribution in [2.45, 2.75) is 18.9 Å². The lowest BCUT2D eigenvalue weighted by Crippen LogP contribution is -2.34. The Hall–Kier alpha value is -4.23. The van der Waals surface area contributed by atoms with Crippen LogP contribution >= 0.6 is 11.3 Å². The van der Waals surface area contributed by atoms with Gasteiger partial charge >= 0.3 is 0 Å². The topological polar surface area (TPSA) is 98.1 Å². The quantitative estimate of drug-likeness (QED) is 0.302. The van der Waals surface area contributed by atoms with Crippen molar-refractivity contribution in [2.24, 2.45) is 0 Å². The summed E-state index contributed by atoms with van der Waals surface area (Å²) in [4.78, 5) is 7.70.